The van der Waals surface area contributed by atoms with Gasteiger partial charge in [0.1, 0.15) is 0 Å². The number of nitrogens with one attached hydrogen (secondary N) is 1. The van der Waals surface area contributed by atoms with Crippen LogP contribution < -0.4 is 10.2 Å². The molecular weight excluding hydrogens is 318 g/mol. The Labute approximate surface area is 148 Å². The topological polar surface area (TPSA) is 53.9 Å². The van der Waals surface area contributed by atoms with Crippen molar-refractivity contribution in [2.45, 2.75) is 52.1 Å². The summed E-state index contributed by atoms with van der Waals surface area (Å²) in [5.74, 6) is 1.73. The lowest BCUT2D eigenvalue weighted by molar-refractivity contribution is 0.563. The Bertz CT molecular complexity index is 613. The molecule has 130 valence electrons. The summed E-state index contributed by atoms with van der Waals surface area (Å²) in [6, 6.07) is 4.51. The standard InChI is InChI=1S/C18H27N5S/c1-14(2)7-8-18-21-15(13-24-18)11-19-12-16-5-4-10-23(16)17-6-3-9-20-22-17/h3,6,9,13-14,16,19H,4-5,7-8,10-12H2,1-2H3/t16-/m1/s1. The molecule has 3 rings (SSSR count). The fraction of sp³-hybridized carbons (Fsp3) is 0.611. The van der Waals surface area contributed by atoms with Gasteiger partial charge in [-0.1, -0.05) is 13.8 Å². The molecule has 0 aliphatic carbocycles. The Hall–Kier alpha value is -1.53. The smallest absolute Gasteiger partial charge is 0.151 e. The maximum atomic E-state index is 4.74. The molecule has 0 aromatic carbocycles. The predicted molar refractivity (Wildman–Crippen MR) is 99.4 cm³/mol. The average molecular weight is 346 g/mol. The zero-order chi connectivity index (χ0) is 16.8. The summed E-state index contributed by atoms with van der Waals surface area (Å²) < 4.78 is 0. The predicted octanol–water partition coefficient (Wildman–Crippen LogP) is 3.28. The fourth-order valence-electron chi connectivity index (χ4n) is 3.12. The molecule has 1 aliphatic heterocycles. The summed E-state index contributed by atoms with van der Waals surface area (Å²) in [6.07, 6.45) is 6.48. The van der Waals surface area contributed by atoms with Crippen molar-refractivity contribution in [1.82, 2.24) is 20.5 Å². The van der Waals surface area contributed by atoms with Gasteiger partial charge in [-0.2, -0.15) is 5.10 Å². The summed E-state index contributed by atoms with van der Waals surface area (Å²) in [5.41, 5.74) is 1.17. The Kier molecular flexibility index (Phi) is 6.15. The molecule has 1 saturated heterocycles. The minimum Gasteiger partial charge on any atom is -0.351 e. The Morgan fingerprint density at radius 1 is 1.42 bits per heavy atom. The fourth-order valence-corrected chi connectivity index (χ4v) is 3.93. The maximum absolute atomic E-state index is 4.74. The van der Waals surface area contributed by atoms with Crippen molar-refractivity contribution in [2.75, 3.05) is 18.0 Å². The zero-order valence-electron chi connectivity index (χ0n) is 14.6. The normalized spacial score (nSPS) is 17.8. The first kappa shape index (κ1) is 17.3. The molecule has 24 heavy (non-hydrogen) atoms. The van der Waals surface area contributed by atoms with Crippen LogP contribution in [0.1, 0.15) is 43.8 Å². The first-order chi connectivity index (χ1) is 11.7. The minimum atomic E-state index is 0.501. The number of hydrogen-bond acceptors (Lipinski definition) is 6. The molecule has 1 aliphatic rings. The summed E-state index contributed by atoms with van der Waals surface area (Å²) in [6.45, 7) is 7.42. The molecular formula is C18H27N5S. The van der Waals surface area contributed by atoms with Gasteiger partial charge in [0.15, 0.2) is 5.82 Å². The van der Waals surface area contributed by atoms with Gasteiger partial charge in [0.25, 0.3) is 0 Å². The van der Waals surface area contributed by atoms with Gasteiger partial charge in [0.05, 0.1) is 10.7 Å². The molecule has 1 fully saturated rings. The first-order valence-corrected chi connectivity index (χ1v) is 9.78. The van der Waals surface area contributed by atoms with Gasteiger partial charge in [-0.3, -0.25) is 0 Å². The van der Waals surface area contributed by atoms with Crippen LogP contribution in [-0.4, -0.2) is 34.3 Å². The van der Waals surface area contributed by atoms with Crippen molar-refractivity contribution in [3.05, 3.63) is 34.4 Å². The van der Waals surface area contributed by atoms with E-state index < -0.39 is 0 Å². The van der Waals surface area contributed by atoms with Gasteiger partial charge in [-0.25, -0.2) is 4.98 Å². The van der Waals surface area contributed by atoms with Crippen LogP contribution in [0.25, 0.3) is 0 Å². The van der Waals surface area contributed by atoms with Crippen LogP contribution in [0.2, 0.25) is 0 Å². The number of nitrogens with zero attached hydrogens (tertiary/aromatic N) is 4. The minimum absolute atomic E-state index is 0.501. The van der Waals surface area contributed by atoms with E-state index in [2.05, 4.69) is 39.6 Å². The highest BCUT2D eigenvalue weighted by atomic mass is 32.1. The molecule has 1 N–H and O–H groups in total. The summed E-state index contributed by atoms with van der Waals surface area (Å²) in [4.78, 5) is 7.11. The Morgan fingerprint density at radius 3 is 3.12 bits per heavy atom. The summed E-state index contributed by atoms with van der Waals surface area (Å²) >= 11 is 1.79. The number of rotatable bonds is 8. The van der Waals surface area contributed by atoms with Crippen LogP contribution >= 0.6 is 11.3 Å². The lowest BCUT2D eigenvalue weighted by atomic mass is 10.1. The quantitative estimate of drug-likeness (QED) is 0.796. The number of hydrogen-bond donors (Lipinski definition) is 1. The molecule has 1 atom stereocenters. The zero-order valence-corrected chi connectivity index (χ0v) is 15.4. The average Bonchev–Trinajstić information content (AvgIpc) is 3.23. The summed E-state index contributed by atoms with van der Waals surface area (Å²) in [5, 5.41) is 15.3. The van der Waals surface area contributed by atoms with Crippen LogP contribution in [0.15, 0.2) is 23.7 Å². The monoisotopic (exact) mass is 345 g/mol. The van der Waals surface area contributed by atoms with Gasteiger partial charge in [-0.15, -0.1) is 16.4 Å². The molecule has 0 saturated carbocycles. The molecule has 3 heterocycles. The second-order valence-corrected chi connectivity index (χ2v) is 7.81. The highest BCUT2D eigenvalue weighted by molar-refractivity contribution is 7.09. The number of thiazole rings is 1. The van der Waals surface area contributed by atoms with E-state index in [1.165, 1.54) is 30.0 Å². The highest BCUT2D eigenvalue weighted by Gasteiger charge is 2.25. The molecule has 0 bridgehead atoms. The number of anilines is 1. The first-order valence-electron chi connectivity index (χ1n) is 8.90. The van der Waals surface area contributed by atoms with E-state index in [0.29, 0.717) is 6.04 Å². The second kappa shape index (κ2) is 8.53. The third-order valence-corrected chi connectivity index (χ3v) is 5.41. The van der Waals surface area contributed by atoms with E-state index in [1.807, 2.05) is 12.1 Å². The summed E-state index contributed by atoms with van der Waals surface area (Å²) in [7, 11) is 0. The van der Waals surface area contributed by atoms with E-state index in [-0.39, 0.29) is 0 Å². The molecule has 2 aromatic heterocycles. The SMILES string of the molecule is CC(C)CCc1nc(CNC[C@H]2CCCN2c2cccnn2)cs1. The van der Waals surface area contributed by atoms with Gasteiger partial charge >= 0.3 is 0 Å². The molecule has 0 unspecified atom stereocenters. The maximum Gasteiger partial charge on any atom is 0.151 e. The molecule has 0 radical (unpaired) electrons. The molecule has 2 aromatic rings. The lowest BCUT2D eigenvalue weighted by Crippen LogP contribution is -2.38. The van der Waals surface area contributed by atoms with Gasteiger partial charge < -0.3 is 10.2 Å². The lowest BCUT2D eigenvalue weighted by Gasteiger charge is -2.25. The van der Waals surface area contributed by atoms with Crippen molar-refractivity contribution in [1.29, 1.82) is 0 Å². The number of aryl methyl sites for hydroxylation is 1. The third kappa shape index (κ3) is 4.74. The molecule has 0 amide bonds. The van der Waals surface area contributed by atoms with Gasteiger partial charge in [0.2, 0.25) is 0 Å². The van der Waals surface area contributed by atoms with Crippen molar-refractivity contribution in [3.8, 4) is 0 Å². The van der Waals surface area contributed by atoms with E-state index in [9.17, 15) is 0 Å². The van der Waals surface area contributed by atoms with Crippen LogP contribution in [-0.2, 0) is 13.0 Å². The molecule has 5 nitrogen and oxygen atoms in total. The number of aromatic nitrogens is 3. The van der Waals surface area contributed by atoms with Crippen molar-refractivity contribution >= 4 is 17.2 Å². The Morgan fingerprint density at radius 2 is 2.33 bits per heavy atom. The van der Waals surface area contributed by atoms with Crippen LogP contribution in [0.3, 0.4) is 0 Å². The molecule has 0 spiro atoms. The van der Waals surface area contributed by atoms with Crippen LogP contribution in [0.4, 0.5) is 5.82 Å². The van der Waals surface area contributed by atoms with Crippen LogP contribution in [0, 0.1) is 5.92 Å². The van der Waals surface area contributed by atoms with E-state index in [1.54, 1.807) is 17.5 Å². The third-order valence-electron chi connectivity index (χ3n) is 4.45. The largest absolute Gasteiger partial charge is 0.351 e. The van der Waals surface area contributed by atoms with Gasteiger partial charge in [-0.05, 0) is 43.7 Å². The van der Waals surface area contributed by atoms with E-state index >= 15 is 0 Å². The van der Waals surface area contributed by atoms with E-state index in [0.717, 1.165) is 37.8 Å². The van der Waals surface area contributed by atoms with Crippen molar-refractivity contribution < 1.29 is 0 Å². The highest BCUT2D eigenvalue weighted by Crippen LogP contribution is 2.22. The Balaban J connectivity index is 1.46. The second-order valence-electron chi connectivity index (χ2n) is 6.87. The van der Waals surface area contributed by atoms with Crippen molar-refractivity contribution in [2.24, 2.45) is 5.92 Å². The van der Waals surface area contributed by atoms with Gasteiger partial charge in [0, 0.05) is 37.3 Å². The van der Waals surface area contributed by atoms with E-state index in [4.69, 9.17) is 4.98 Å². The van der Waals surface area contributed by atoms with Crippen LogP contribution in [0.5, 0.6) is 0 Å². The van der Waals surface area contributed by atoms with Crippen molar-refractivity contribution in [3.63, 3.8) is 0 Å². The molecule has 6 heteroatoms.